The second kappa shape index (κ2) is 10.2. The van der Waals surface area contributed by atoms with Gasteiger partial charge in [-0.3, -0.25) is 9.69 Å². The molecule has 32 heavy (non-hydrogen) atoms. The summed E-state index contributed by atoms with van der Waals surface area (Å²) >= 11 is 0. The zero-order valence-corrected chi connectivity index (χ0v) is 19.1. The standard InChI is InChI=1S/C27H33N3O2/c1-27(2,29-19-17-28(18-20-29)16-15-23-10-5-3-6-11-23)22-30(24-12-7-4-8-13-24)26(31)25-14-9-21-32-25/h3-14,21H,15-20,22H2,1-2H3. The molecule has 5 heteroatoms. The van der Waals surface area contributed by atoms with Crippen molar-refractivity contribution in [1.82, 2.24) is 9.80 Å². The molecule has 1 amide bonds. The molecular weight excluding hydrogens is 398 g/mol. The van der Waals surface area contributed by atoms with Crippen LogP contribution in [0, 0.1) is 0 Å². The number of furan rings is 1. The summed E-state index contributed by atoms with van der Waals surface area (Å²) in [4.78, 5) is 20.1. The van der Waals surface area contributed by atoms with Crippen molar-refractivity contribution >= 4 is 11.6 Å². The van der Waals surface area contributed by atoms with E-state index < -0.39 is 0 Å². The van der Waals surface area contributed by atoms with Crippen molar-refractivity contribution in [3.05, 3.63) is 90.4 Å². The second-order valence-electron chi connectivity index (χ2n) is 9.08. The van der Waals surface area contributed by atoms with Crippen LogP contribution in [-0.2, 0) is 6.42 Å². The first-order valence-electron chi connectivity index (χ1n) is 11.4. The van der Waals surface area contributed by atoms with Crippen LogP contribution in [0.15, 0.2) is 83.5 Å². The van der Waals surface area contributed by atoms with Crippen LogP contribution in [0.3, 0.4) is 0 Å². The molecule has 0 saturated carbocycles. The van der Waals surface area contributed by atoms with Crippen molar-refractivity contribution in [3.8, 4) is 0 Å². The number of carbonyl (C=O) groups excluding carboxylic acids is 1. The Morgan fingerprint density at radius 1 is 0.906 bits per heavy atom. The van der Waals surface area contributed by atoms with E-state index in [0.717, 1.165) is 44.8 Å². The van der Waals surface area contributed by atoms with Gasteiger partial charge in [0.2, 0.25) is 0 Å². The van der Waals surface area contributed by atoms with Gasteiger partial charge in [-0.25, -0.2) is 0 Å². The van der Waals surface area contributed by atoms with Crippen molar-refractivity contribution in [3.63, 3.8) is 0 Å². The highest BCUT2D eigenvalue weighted by atomic mass is 16.3. The Hall–Kier alpha value is -2.89. The minimum absolute atomic E-state index is 0.101. The second-order valence-corrected chi connectivity index (χ2v) is 9.08. The predicted molar refractivity (Wildman–Crippen MR) is 129 cm³/mol. The lowest BCUT2D eigenvalue weighted by Crippen LogP contribution is -2.59. The largest absolute Gasteiger partial charge is 0.459 e. The third-order valence-corrected chi connectivity index (χ3v) is 6.38. The molecule has 0 aliphatic carbocycles. The molecule has 0 bridgehead atoms. The fraction of sp³-hybridized carbons (Fsp3) is 0.370. The number of hydrogen-bond acceptors (Lipinski definition) is 4. The molecule has 2 aromatic carbocycles. The lowest BCUT2D eigenvalue weighted by molar-refractivity contribution is 0.0545. The van der Waals surface area contributed by atoms with E-state index in [1.54, 1.807) is 18.4 Å². The van der Waals surface area contributed by atoms with E-state index in [0.29, 0.717) is 12.3 Å². The van der Waals surface area contributed by atoms with E-state index in [1.807, 2.05) is 35.2 Å². The summed E-state index contributed by atoms with van der Waals surface area (Å²) in [6, 6.07) is 24.1. The van der Waals surface area contributed by atoms with E-state index in [1.165, 1.54) is 5.56 Å². The Bertz CT molecular complexity index is 963. The molecule has 5 nitrogen and oxygen atoms in total. The Kier molecular flexibility index (Phi) is 7.08. The highest BCUT2D eigenvalue weighted by Crippen LogP contribution is 2.24. The fourth-order valence-corrected chi connectivity index (χ4v) is 4.42. The van der Waals surface area contributed by atoms with E-state index in [9.17, 15) is 4.79 Å². The van der Waals surface area contributed by atoms with Crippen LogP contribution in [0.1, 0.15) is 30.0 Å². The molecule has 0 unspecified atom stereocenters. The van der Waals surface area contributed by atoms with Crippen LogP contribution in [0.5, 0.6) is 0 Å². The van der Waals surface area contributed by atoms with Crippen LogP contribution >= 0.6 is 0 Å². The SMILES string of the molecule is CC(C)(CN(C(=O)c1ccco1)c1ccccc1)N1CCN(CCc2ccccc2)CC1. The summed E-state index contributed by atoms with van der Waals surface area (Å²) in [5.74, 6) is 0.270. The summed E-state index contributed by atoms with van der Waals surface area (Å²) < 4.78 is 5.42. The predicted octanol–water partition coefficient (Wildman–Crippen LogP) is 4.57. The zero-order chi connectivity index (χ0) is 22.4. The molecule has 1 fully saturated rings. The molecule has 1 aliphatic rings. The van der Waals surface area contributed by atoms with Gasteiger partial charge in [0.15, 0.2) is 5.76 Å². The van der Waals surface area contributed by atoms with Gasteiger partial charge < -0.3 is 14.2 Å². The normalized spacial score (nSPS) is 15.6. The zero-order valence-electron chi connectivity index (χ0n) is 19.1. The number of para-hydroxylation sites is 1. The molecule has 168 valence electrons. The van der Waals surface area contributed by atoms with E-state index >= 15 is 0 Å². The molecule has 3 aromatic rings. The molecule has 2 heterocycles. The van der Waals surface area contributed by atoms with Gasteiger partial charge in [-0.1, -0.05) is 48.5 Å². The minimum Gasteiger partial charge on any atom is -0.459 e. The van der Waals surface area contributed by atoms with Crippen molar-refractivity contribution in [1.29, 1.82) is 0 Å². The highest BCUT2D eigenvalue weighted by Gasteiger charge is 2.34. The number of piperazine rings is 1. The van der Waals surface area contributed by atoms with Gasteiger partial charge in [-0.2, -0.15) is 0 Å². The summed E-state index contributed by atoms with van der Waals surface area (Å²) in [6.07, 6.45) is 2.64. The Morgan fingerprint density at radius 3 is 2.19 bits per heavy atom. The molecule has 4 rings (SSSR count). The summed E-state index contributed by atoms with van der Waals surface area (Å²) in [5.41, 5.74) is 2.12. The highest BCUT2D eigenvalue weighted by molar-refractivity contribution is 6.04. The summed E-state index contributed by atoms with van der Waals surface area (Å²) in [7, 11) is 0. The van der Waals surface area contributed by atoms with Crippen LogP contribution in [0.4, 0.5) is 5.69 Å². The Morgan fingerprint density at radius 2 is 1.56 bits per heavy atom. The first-order valence-corrected chi connectivity index (χ1v) is 11.4. The summed E-state index contributed by atoms with van der Waals surface area (Å²) in [6.45, 7) is 10.3. The van der Waals surface area contributed by atoms with Crippen molar-refractivity contribution in [2.75, 3.05) is 44.2 Å². The number of carbonyl (C=O) groups is 1. The monoisotopic (exact) mass is 431 g/mol. The third kappa shape index (κ3) is 5.47. The molecule has 0 N–H and O–H groups in total. The lowest BCUT2D eigenvalue weighted by Gasteiger charge is -2.46. The van der Waals surface area contributed by atoms with Gasteiger partial charge in [-0.05, 0) is 50.1 Å². The number of rotatable bonds is 8. The van der Waals surface area contributed by atoms with Crippen molar-refractivity contribution in [2.24, 2.45) is 0 Å². The molecule has 1 saturated heterocycles. The quantitative estimate of drug-likeness (QED) is 0.524. The molecule has 1 aliphatic heterocycles. The minimum atomic E-state index is -0.163. The van der Waals surface area contributed by atoms with Gasteiger partial charge in [-0.15, -0.1) is 0 Å². The van der Waals surface area contributed by atoms with E-state index in [2.05, 4.69) is 54.0 Å². The topological polar surface area (TPSA) is 39.9 Å². The number of hydrogen-bond donors (Lipinski definition) is 0. The number of nitrogens with zero attached hydrogens (tertiary/aromatic N) is 3. The van der Waals surface area contributed by atoms with E-state index in [-0.39, 0.29) is 11.4 Å². The van der Waals surface area contributed by atoms with Crippen LogP contribution in [-0.4, -0.2) is 60.5 Å². The Labute approximate surface area is 191 Å². The average molecular weight is 432 g/mol. The fourth-order valence-electron chi connectivity index (χ4n) is 4.42. The maximum Gasteiger partial charge on any atom is 0.294 e. The van der Waals surface area contributed by atoms with Crippen LogP contribution < -0.4 is 4.90 Å². The van der Waals surface area contributed by atoms with Gasteiger partial charge >= 0.3 is 0 Å². The van der Waals surface area contributed by atoms with Crippen LogP contribution in [0.25, 0.3) is 0 Å². The lowest BCUT2D eigenvalue weighted by atomic mass is 9.99. The first-order chi connectivity index (χ1) is 15.5. The number of anilines is 1. The van der Waals surface area contributed by atoms with Crippen molar-refractivity contribution < 1.29 is 9.21 Å². The smallest absolute Gasteiger partial charge is 0.294 e. The first kappa shape index (κ1) is 22.3. The maximum absolute atomic E-state index is 13.2. The van der Waals surface area contributed by atoms with Crippen molar-refractivity contribution in [2.45, 2.75) is 25.8 Å². The molecule has 0 atom stereocenters. The maximum atomic E-state index is 13.2. The molecule has 1 aromatic heterocycles. The number of amides is 1. The third-order valence-electron chi connectivity index (χ3n) is 6.38. The van der Waals surface area contributed by atoms with Gasteiger partial charge in [0.25, 0.3) is 5.91 Å². The Balaban J connectivity index is 1.39. The molecule has 0 spiro atoms. The summed E-state index contributed by atoms with van der Waals surface area (Å²) in [5, 5.41) is 0. The van der Waals surface area contributed by atoms with Gasteiger partial charge in [0.05, 0.1) is 6.26 Å². The average Bonchev–Trinajstić information content (AvgIpc) is 3.37. The molecular formula is C27H33N3O2. The van der Waals surface area contributed by atoms with E-state index in [4.69, 9.17) is 4.42 Å². The van der Waals surface area contributed by atoms with Crippen LogP contribution in [0.2, 0.25) is 0 Å². The molecule has 0 radical (unpaired) electrons. The number of benzene rings is 2. The van der Waals surface area contributed by atoms with Gasteiger partial charge in [0, 0.05) is 50.5 Å². The van der Waals surface area contributed by atoms with Gasteiger partial charge in [0.1, 0.15) is 0 Å².